The molecule has 0 aromatic rings. The maximum atomic E-state index is 11.0. The number of hydrogen-bond donors (Lipinski definition) is 2. The summed E-state index contributed by atoms with van der Waals surface area (Å²) >= 11 is 0. The lowest BCUT2D eigenvalue weighted by Gasteiger charge is -2.37. The standard InChI is InChI=1S/C12H17NO2/c1-7-3-2-4-8-5-10(12(14)15)11(13)6-9(7)8/h2-3,6-10H,4-5,13H2,1H3,(H,14,15)/t7?,8?,9?,10-/m0/s1. The van der Waals surface area contributed by atoms with Gasteiger partial charge in [0.1, 0.15) is 0 Å². The number of aliphatic carboxylic acids is 1. The molecule has 0 saturated heterocycles. The highest BCUT2D eigenvalue weighted by molar-refractivity contribution is 5.73. The van der Waals surface area contributed by atoms with Gasteiger partial charge in [-0.3, -0.25) is 4.79 Å². The van der Waals surface area contributed by atoms with Crippen molar-refractivity contribution in [2.75, 3.05) is 0 Å². The molecule has 4 atom stereocenters. The minimum absolute atomic E-state index is 0.436. The number of rotatable bonds is 1. The van der Waals surface area contributed by atoms with Crippen molar-refractivity contribution in [2.45, 2.75) is 19.8 Å². The van der Waals surface area contributed by atoms with Crippen molar-refractivity contribution in [3.63, 3.8) is 0 Å². The van der Waals surface area contributed by atoms with E-state index in [1.54, 1.807) is 0 Å². The first kappa shape index (κ1) is 10.3. The zero-order chi connectivity index (χ0) is 11.0. The second kappa shape index (κ2) is 3.72. The highest BCUT2D eigenvalue weighted by atomic mass is 16.4. The molecule has 2 aliphatic rings. The SMILES string of the molecule is CC1C=CCC2C[C@H](C(=O)O)C(N)=CC12. The van der Waals surface area contributed by atoms with Gasteiger partial charge in [0.2, 0.25) is 0 Å². The Bertz CT molecular complexity index is 333. The van der Waals surface area contributed by atoms with Crippen LogP contribution in [0.15, 0.2) is 23.9 Å². The van der Waals surface area contributed by atoms with Crippen LogP contribution in [0.1, 0.15) is 19.8 Å². The molecule has 2 aliphatic carbocycles. The molecule has 2 rings (SSSR count). The minimum Gasteiger partial charge on any atom is -0.481 e. The fourth-order valence-corrected chi connectivity index (χ4v) is 2.74. The van der Waals surface area contributed by atoms with E-state index in [-0.39, 0.29) is 0 Å². The number of allylic oxidation sites excluding steroid dienone is 3. The van der Waals surface area contributed by atoms with E-state index in [9.17, 15) is 4.79 Å². The molecule has 3 heteroatoms. The van der Waals surface area contributed by atoms with E-state index >= 15 is 0 Å². The van der Waals surface area contributed by atoms with Gasteiger partial charge in [0, 0.05) is 5.70 Å². The van der Waals surface area contributed by atoms with Crippen molar-refractivity contribution in [3.8, 4) is 0 Å². The Morgan fingerprint density at radius 1 is 1.60 bits per heavy atom. The Kier molecular flexibility index (Phi) is 2.55. The quantitative estimate of drug-likeness (QED) is 0.644. The summed E-state index contributed by atoms with van der Waals surface area (Å²) in [5.74, 6) is 0.121. The highest BCUT2D eigenvalue weighted by Crippen LogP contribution is 2.40. The summed E-state index contributed by atoms with van der Waals surface area (Å²) in [6.07, 6.45) is 8.02. The molecule has 15 heavy (non-hydrogen) atoms. The smallest absolute Gasteiger partial charge is 0.312 e. The van der Waals surface area contributed by atoms with E-state index in [0.29, 0.717) is 29.9 Å². The lowest BCUT2D eigenvalue weighted by atomic mass is 9.68. The Labute approximate surface area is 89.7 Å². The summed E-state index contributed by atoms with van der Waals surface area (Å²) in [4.78, 5) is 11.0. The van der Waals surface area contributed by atoms with Gasteiger partial charge in [0.15, 0.2) is 0 Å². The van der Waals surface area contributed by atoms with Crippen LogP contribution in [0.5, 0.6) is 0 Å². The van der Waals surface area contributed by atoms with Crippen LogP contribution in [0.4, 0.5) is 0 Å². The maximum absolute atomic E-state index is 11.0. The van der Waals surface area contributed by atoms with Crippen molar-refractivity contribution in [2.24, 2.45) is 29.4 Å². The molecular formula is C12H17NO2. The number of hydrogen-bond acceptors (Lipinski definition) is 2. The molecule has 3 unspecified atom stereocenters. The van der Waals surface area contributed by atoms with Gasteiger partial charge in [-0.2, -0.15) is 0 Å². The Morgan fingerprint density at radius 2 is 2.33 bits per heavy atom. The molecule has 0 aliphatic heterocycles. The third-order valence-electron chi connectivity index (χ3n) is 3.65. The van der Waals surface area contributed by atoms with Gasteiger partial charge < -0.3 is 10.8 Å². The van der Waals surface area contributed by atoms with Crippen LogP contribution >= 0.6 is 0 Å². The van der Waals surface area contributed by atoms with Crippen LogP contribution in [-0.2, 0) is 4.79 Å². The molecule has 0 amide bonds. The number of carboxylic acid groups (broad SMARTS) is 1. The van der Waals surface area contributed by atoms with E-state index < -0.39 is 11.9 Å². The second-order valence-electron chi connectivity index (χ2n) is 4.65. The zero-order valence-electron chi connectivity index (χ0n) is 8.89. The average molecular weight is 207 g/mol. The lowest BCUT2D eigenvalue weighted by molar-refractivity contribution is -0.141. The van der Waals surface area contributed by atoms with Gasteiger partial charge in [-0.1, -0.05) is 25.2 Å². The molecule has 0 bridgehead atoms. The largest absolute Gasteiger partial charge is 0.481 e. The fourth-order valence-electron chi connectivity index (χ4n) is 2.74. The van der Waals surface area contributed by atoms with Crippen LogP contribution in [-0.4, -0.2) is 11.1 Å². The van der Waals surface area contributed by atoms with E-state index in [2.05, 4.69) is 19.1 Å². The van der Waals surface area contributed by atoms with Crippen molar-refractivity contribution in [1.29, 1.82) is 0 Å². The monoisotopic (exact) mass is 207 g/mol. The van der Waals surface area contributed by atoms with Crippen LogP contribution in [0.3, 0.4) is 0 Å². The topological polar surface area (TPSA) is 63.3 Å². The highest BCUT2D eigenvalue weighted by Gasteiger charge is 2.36. The number of carboxylic acids is 1. The van der Waals surface area contributed by atoms with E-state index in [0.717, 1.165) is 6.42 Å². The predicted molar refractivity (Wildman–Crippen MR) is 57.9 cm³/mol. The summed E-state index contributed by atoms with van der Waals surface area (Å²) in [5, 5.41) is 9.03. The Morgan fingerprint density at radius 3 is 3.00 bits per heavy atom. The fraction of sp³-hybridized carbons (Fsp3) is 0.583. The summed E-state index contributed by atoms with van der Waals surface area (Å²) in [5.41, 5.74) is 6.35. The summed E-state index contributed by atoms with van der Waals surface area (Å²) in [6.45, 7) is 2.16. The Balaban J connectivity index is 2.25. The van der Waals surface area contributed by atoms with Crippen molar-refractivity contribution < 1.29 is 9.90 Å². The molecule has 3 nitrogen and oxygen atoms in total. The number of fused-ring (bicyclic) bond motifs is 1. The van der Waals surface area contributed by atoms with Gasteiger partial charge in [0.25, 0.3) is 0 Å². The number of nitrogens with two attached hydrogens (primary N) is 1. The van der Waals surface area contributed by atoms with Crippen LogP contribution in [0.2, 0.25) is 0 Å². The van der Waals surface area contributed by atoms with Gasteiger partial charge in [-0.05, 0) is 30.6 Å². The maximum Gasteiger partial charge on any atom is 0.312 e. The molecule has 3 N–H and O–H groups in total. The summed E-state index contributed by atoms with van der Waals surface area (Å²) in [6, 6.07) is 0. The van der Waals surface area contributed by atoms with E-state index in [4.69, 9.17) is 10.8 Å². The summed E-state index contributed by atoms with van der Waals surface area (Å²) in [7, 11) is 0. The molecule has 0 radical (unpaired) electrons. The zero-order valence-corrected chi connectivity index (χ0v) is 8.89. The van der Waals surface area contributed by atoms with Gasteiger partial charge in [-0.25, -0.2) is 0 Å². The van der Waals surface area contributed by atoms with E-state index in [1.165, 1.54) is 0 Å². The van der Waals surface area contributed by atoms with Gasteiger partial charge >= 0.3 is 5.97 Å². The normalized spacial score (nSPS) is 39.4. The lowest BCUT2D eigenvalue weighted by Crippen LogP contribution is -2.35. The summed E-state index contributed by atoms with van der Waals surface area (Å²) < 4.78 is 0. The molecular weight excluding hydrogens is 190 g/mol. The predicted octanol–water partition coefficient (Wildman–Crippen LogP) is 1.76. The van der Waals surface area contributed by atoms with Crippen LogP contribution in [0.25, 0.3) is 0 Å². The van der Waals surface area contributed by atoms with Gasteiger partial charge in [0.05, 0.1) is 5.92 Å². The third kappa shape index (κ3) is 1.78. The van der Waals surface area contributed by atoms with Gasteiger partial charge in [-0.15, -0.1) is 0 Å². The molecule has 0 spiro atoms. The van der Waals surface area contributed by atoms with Crippen LogP contribution < -0.4 is 5.73 Å². The van der Waals surface area contributed by atoms with Crippen molar-refractivity contribution in [1.82, 2.24) is 0 Å². The van der Waals surface area contributed by atoms with Crippen molar-refractivity contribution >= 4 is 5.97 Å². The first-order valence-electron chi connectivity index (χ1n) is 5.46. The second-order valence-corrected chi connectivity index (χ2v) is 4.65. The Hall–Kier alpha value is -1.25. The first-order chi connectivity index (χ1) is 7.09. The third-order valence-corrected chi connectivity index (χ3v) is 3.65. The molecule has 0 fully saturated rings. The average Bonchev–Trinajstić information content (AvgIpc) is 2.18. The molecule has 0 heterocycles. The number of carbonyl (C=O) groups is 1. The van der Waals surface area contributed by atoms with Crippen molar-refractivity contribution in [3.05, 3.63) is 23.9 Å². The molecule has 0 aromatic carbocycles. The van der Waals surface area contributed by atoms with Crippen LogP contribution in [0, 0.1) is 23.7 Å². The molecule has 0 saturated carbocycles. The van der Waals surface area contributed by atoms with E-state index in [1.807, 2.05) is 6.08 Å². The first-order valence-corrected chi connectivity index (χ1v) is 5.46. The molecule has 0 aromatic heterocycles. The minimum atomic E-state index is -0.788. The molecule has 82 valence electrons.